The van der Waals surface area contributed by atoms with Gasteiger partial charge in [0.25, 0.3) is 5.91 Å². The number of aromatic nitrogens is 4. The van der Waals surface area contributed by atoms with Gasteiger partial charge in [-0.15, -0.1) is 5.10 Å². The van der Waals surface area contributed by atoms with E-state index in [9.17, 15) is 4.79 Å². The molecule has 3 heterocycles. The van der Waals surface area contributed by atoms with Crippen molar-refractivity contribution in [3.63, 3.8) is 0 Å². The lowest BCUT2D eigenvalue weighted by Crippen LogP contribution is -2.34. The van der Waals surface area contributed by atoms with Crippen LogP contribution in [-0.2, 0) is 0 Å². The van der Waals surface area contributed by atoms with Crippen LogP contribution in [0.1, 0.15) is 61.9 Å². The third-order valence-electron chi connectivity index (χ3n) is 6.89. The maximum atomic E-state index is 13.1. The fourth-order valence-corrected chi connectivity index (χ4v) is 4.89. The summed E-state index contributed by atoms with van der Waals surface area (Å²) in [5.74, 6) is 0.445. The molecule has 2 aliphatic rings. The molecule has 0 aliphatic heterocycles. The van der Waals surface area contributed by atoms with Gasteiger partial charge in [0.1, 0.15) is 5.82 Å². The van der Waals surface area contributed by atoms with Gasteiger partial charge in [0.05, 0.1) is 11.9 Å². The standard InChI is InChI=1S/C24H33N9O/c25-15-1-5-17(6-2-15)29-20-13-22(30-18-7-3-16(26)4-8-18)32-33-21(14-28-23(20)33)24(34)31-19-9-11-27-12-10-19/h9-18,29H,1-8,25-26H2,(H,30,32)(H,27,31,34)/t15?,16-,17?,18-. The highest BCUT2D eigenvalue weighted by atomic mass is 16.2. The van der Waals surface area contributed by atoms with Crippen LogP contribution >= 0.6 is 0 Å². The minimum atomic E-state index is -0.276. The summed E-state index contributed by atoms with van der Waals surface area (Å²) in [5, 5.41) is 14.9. The maximum Gasteiger partial charge on any atom is 0.276 e. The van der Waals surface area contributed by atoms with E-state index in [4.69, 9.17) is 16.6 Å². The van der Waals surface area contributed by atoms with Gasteiger partial charge in [0.15, 0.2) is 11.3 Å². The van der Waals surface area contributed by atoms with E-state index in [0.29, 0.717) is 29.1 Å². The Labute approximate surface area is 198 Å². The van der Waals surface area contributed by atoms with Crippen molar-refractivity contribution in [2.24, 2.45) is 11.5 Å². The van der Waals surface area contributed by atoms with Crippen molar-refractivity contribution in [2.45, 2.75) is 75.5 Å². The minimum Gasteiger partial charge on any atom is -0.379 e. The summed E-state index contributed by atoms with van der Waals surface area (Å²) < 4.78 is 1.63. The molecule has 0 aromatic carbocycles. The van der Waals surface area contributed by atoms with Crippen molar-refractivity contribution in [3.8, 4) is 0 Å². The number of hydrogen-bond donors (Lipinski definition) is 5. The van der Waals surface area contributed by atoms with Gasteiger partial charge in [-0.2, -0.15) is 0 Å². The number of imidazole rings is 1. The lowest BCUT2D eigenvalue weighted by molar-refractivity contribution is 0.102. The number of hydrogen-bond acceptors (Lipinski definition) is 8. The van der Waals surface area contributed by atoms with Crippen LogP contribution in [0.5, 0.6) is 0 Å². The van der Waals surface area contributed by atoms with Crippen molar-refractivity contribution in [1.82, 2.24) is 19.6 Å². The Morgan fingerprint density at radius 1 is 0.912 bits per heavy atom. The summed E-state index contributed by atoms with van der Waals surface area (Å²) in [6.07, 6.45) is 12.9. The minimum absolute atomic E-state index is 0.276. The molecule has 1 amide bonds. The highest BCUT2D eigenvalue weighted by Gasteiger charge is 2.24. The van der Waals surface area contributed by atoms with Gasteiger partial charge in [0, 0.05) is 48.3 Å². The molecule has 2 fully saturated rings. The predicted octanol–water partition coefficient (Wildman–Crippen LogP) is 2.74. The molecule has 7 N–H and O–H groups in total. The van der Waals surface area contributed by atoms with Crippen LogP contribution in [0.2, 0.25) is 0 Å². The zero-order valence-electron chi connectivity index (χ0n) is 19.3. The molecule has 0 radical (unpaired) electrons. The van der Waals surface area contributed by atoms with Crippen molar-refractivity contribution in [1.29, 1.82) is 0 Å². The zero-order chi connectivity index (χ0) is 23.5. The Morgan fingerprint density at radius 3 is 2.18 bits per heavy atom. The summed E-state index contributed by atoms with van der Waals surface area (Å²) >= 11 is 0. The molecule has 0 unspecified atom stereocenters. The highest BCUT2D eigenvalue weighted by Crippen LogP contribution is 2.28. The predicted molar refractivity (Wildman–Crippen MR) is 133 cm³/mol. The van der Waals surface area contributed by atoms with Crippen LogP contribution in [0.4, 0.5) is 17.2 Å². The Kier molecular flexibility index (Phi) is 6.59. The summed E-state index contributed by atoms with van der Waals surface area (Å²) in [6, 6.07) is 6.68. The van der Waals surface area contributed by atoms with E-state index in [1.165, 1.54) is 0 Å². The molecule has 34 heavy (non-hydrogen) atoms. The average Bonchev–Trinajstić information content (AvgIpc) is 3.27. The average molecular weight is 464 g/mol. The fraction of sp³-hybridized carbons (Fsp3) is 0.500. The topological polar surface area (TPSA) is 148 Å². The van der Waals surface area contributed by atoms with E-state index in [1.54, 1.807) is 35.2 Å². The molecule has 3 aromatic heterocycles. The van der Waals surface area contributed by atoms with Gasteiger partial charge >= 0.3 is 0 Å². The first-order chi connectivity index (χ1) is 16.5. The zero-order valence-corrected chi connectivity index (χ0v) is 19.3. The quantitative estimate of drug-likeness (QED) is 0.375. The molecule has 5 rings (SSSR count). The molecule has 0 bridgehead atoms. The highest BCUT2D eigenvalue weighted by molar-refractivity contribution is 6.03. The van der Waals surface area contributed by atoms with Crippen LogP contribution in [0.15, 0.2) is 36.8 Å². The maximum absolute atomic E-state index is 13.1. The van der Waals surface area contributed by atoms with Crippen LogP contribution in [-0.4, -0.2) is 49.7 Å². The smallest absolute Gasteiger partial charge is 0.276 e. The Morgan fingerprint density at radius 2 is 1.53 bits per heavy atom. The number of fused-ring (bicyclic) bond motifs is 1. The van der Waals surface area contributed by atoms with Crippen molar-refractivity contribution in [2.75, 3.05) is 16.0 Å². The first-order valence-corrected chi connectivity index (χ1v) is 12.2. The second-order valence-electron chi connectivity index (χ2n) is 9.52. The third-order valence-corrected chi connectivity index (χ3v) is 6.89. The van der Waals surface area contributed by atoms with Crippen LogP contribution in [0, 0.1) is 0 Å². The van der Waals surface area contributed by atoms with Gasteiger partial charge in [-0.1, -0.05) is 0 Å². The Bertz CT molecular complexity index is 1120. The molecule has 2 aliphatic carbocycles. The normalized spacial score (nSPS) is 25.1. The molecule has 180 valence electrons. The number of carbonyl (C=O) groups excluding carboxylic acids is 1. The Hall–Kier alpha value is -3.24. The molecule has 10 heteroatoms. The van der Waals surface area contributed by atoms with Gasteiger partial charge in [-0.05, 0) is 63.5 Å². The van der Waals surface area contributed by atoms with Gasteiger partial charge in [-0.3, -0.25) is 9.78 Å². The van der Waals surface area contributed by atoms with Crippen molar-refractivity contribution in [3.05, 3.63) is 42.5 Å². The second kappa shape index (κ2) is 9.94. The van der Waals surface area contributed by atoms with Crippen LogP contribution < -0.4 is 27.4 Å². The molecular formula is C24H33N9O. The number of nitrogens with one attached hydrogen (secondary N) is 3. The SMILES string of the molecule is NC1CCC(Nc2cc(N[C@H]3CC[C@H](N)CC3)nn3c(C(=O)Nc4ccncc4)cnc23)CC1. The Balaban J connectivity index is 1.44. The molecule has 2 saturated carbocycles. The summed E-state index contributed by atoms with van der Waals surface area (Å²) in [7, 11) is 0. The van der Waals surface area contributed by atoms with E-state index in [0.717, 1.165) is 62.9 Å². The van der Waals surface area contributed by atoms with Crippen molar-refractivity contribution < 1.29 is 4.79 Å². The molecule has 10 nitrogen and oxygen atoms in total. The summed E-state index contributed by atoms with van der Waals surface area (Å²) in [5.41, 5.74) is 14.7. The summed E-state index contributed by atoms with van der Waals surface area (Å²) in [4.78, 5) is 21.6. The van der Waals surface area contributed by atoms with Gasteiger partial charge < -0.3 is 27.4 Å². The van der Waals surface area contributed by atoms with E-state index >= 15 is 0 Å². The van der Waals surface area contributed by atoms with Crippen LogP contribution in [0.25, 0.3) is 5.65 Å². The number of pyridine rings is 1. The number of carbonyl (C=O) groups is 1. The first kappa shape index (κ1) is 22.5. The molecular weight excluding hydrogens is 430 g/mol. The van der Waals surface area contributed by atoms with Gasteiger partial charge in [-0.25, -0.2) is 9.50 Å². The molecule has 0 atom stereocenters. The number of anilines is 3. The molecule has 0 saturated heterocycles. The number of nitrogens with two attached hydrogens (primary N) is 2. The second-order valence-corrected chi connectivity index (χ2v) is 9.52. The lowest BCUT2D eigenvalue weighted by Gasteiger charge is -2.29. The third kappa shape index (κ3) is 5.13. The number of rotatable bonds is 6. The fourth-order valence-electron chi connectivity index (χ4n) is 4.89. The largest absolute Gasteiger partial charge is 0.379 e. The summed E-state index contributed by atoms with van der Waals surface area (Å²) in [6.45, 7) is 0. The van der Waals surface area contributed by atoms with Crippen molar-refractivity contribution >= 4 is 28.7 Å². The molecule has 0 spiro atoms. The first-order valence-electron chi connectivity index (χ1n) is 12.2. The molecule has 3 aromatic rings. The van der Waals surface area contributed by atoms with E-state index in [2.05, 4.69) is 25.9 Å². The monoisotopic (exact) mass is 463 g/mol. The number of nitrogens with zero attached hydrogens (tertiary/aromatic N) is 4. The number of amides is 1. The van der Waals surface area contributed by atoms with Crippen LogP contribution in [0.3, 0.4) is 0 Å². The van der Waals surface area contributed by atoms with E-state index in [1.807, 2.05) is 6.07 Å². The van der Waals surface area contributed by atoms with E-state index in [-0.39, 0.29) is 18.0 Å². The lowest BCUT2D eigenvalue weighted by atomic mass is 9.91. The van der Waals surface area contributed by atoms with Gasteiger partial charge in [0.2, 0.25) is 0 Å². The van der Waals surface area contributed by atoms with E-state index < -0.39 is 0 Å².